The number of anilines is 1. The maximum Gasteiger partial charge on any atom is 0.251 e. The lowest BCUT2D eigenvalue weighted by Gasteiger charge is -2.11. The number of methoxy groups -OCH3 is 1. The first-order valence-electron chi connectivity index (χ1n) is 8.43. The second-order valence-corrected chi connectivity index (χ2v) is 6.26. The molecule has 0 aliphatic heterocycles. The number of carbonyl (C=O) groups excluding carboxylic acids is 2. The Hall–Kier alpha value is -3.08. The van der Waals surface area contributed by atoms with Crippen molar-refractivity contribution in [3.05, 3.63) is 65.2 Å². The van der Waals surface area contributed by atoms with E-state index < -0.39 is 0 Å². The zero-order chi connectivity index (χ0) is 19.1. The number of hydrogen-bond acceptors (Lipinski definition) is 3. The normalized spacial score (nSPS) is 10.8. The lowest BCUT2D eigenvalue weighted by atomic mass is 10.1. The van der Waals surface area contributed by atoms with Gasteiger partial charge >= 0.3 is 0 Å². The van der Waals surface area contributed by atoms with Crippen LogP contribution in [0.1, 0.15) is 35.3 Å². The van der Waals surface area contributed by atoms with Crippen molar-refractivity contribution >= 4 is 23.6 Å². The summed E-state index contributed by atoms with van der Waals surface area (Å²) in [6.07, 6.45) is 3.19. The molecular weight excluding hydrogens is 328 g/mol. The minimum absolute atomic E-state index is 0.0731. The molecule has 0 saturated carbocycles. The van der Waals surface area contributed by atoms with E-state index in [1.165, 1.54) is 6.08 Å². The van der Waals surface area contributed by atoms with E-state index in [1.54, 1.807) is 31.4 Å². The molecule has 26 heavy (non-hydrogen) atoms. The molecule has 2 rings (SSSR count). The molecule has 0 radical (unpaired) electrons. The van der Waals surface area contributed by atoms with Gasteiger partial charge in [0.15, 0.2) is 0 Å². The zero-order valence-electron chi connectivity index (χ0n) is 15.5. The van der Waals surface area contributed by atoms with Crippen LogP contribution in [0.4, 0.5) is 5.69 Å². The lowest BCUT2D eigenvalue weighted by Crippen LogP contribution is -2.30. The summed E-state index contributed by atoms with van der Waals surface area (Å²) in [6.45, 7) is 5.68. The monoisotopic (exact) mass is 352 g/mol. The van der Waals surface area contributed by atoms with Crippen LogP contribution in [-0.2, 0) is 4.79 Å². The van der Waals surface area contributed by atoms with Crippen molar-refractivity contribution in [2.75, 3.05) is 12.4 Å². The van der Waals surface area contributed by atoms with E-state index in [4.69, 9.17) is 4.74 Å². The van der Waals surface area contributed by atoms with Crippen LogP contribution in [-0.4, -0.2) is 25.0 Å². The van der Waals surface area contributed by atoms with Crippen molar-refractivity contribution in [1.29, 1.82) is 0 Å². The molecule has 0 unspecified atom stereocenters. The molecule has 2 aromatic carbocycles. The van der Waals surface area contributed by atoms with E-state index in [0.29, 0.717) is 11.3 Å². The first-order valence-corrected chi connectivity index (χ1v) is 8.43. The molecule has 0 aromatic heterocycles. The van der Waals surface area contributed by atoms with Crippen LogP contribution in [0.15, 0.2) is 48.5 Å². The Kier molecular flexibility index (Phi) is 6.55. The second kappa shape index (κ2) is 8.85. The summed E-state index contributed by atoms with van der Waals surface area (Å²) in [5, 5.41) is 5.67. The number of nitrogens with one attached hydrogen (secondary N) is 2. The van der Waals surface area contributed by atoms with Crippen LogP contribution in [0.3, 0.4) is 0 Å². The summed E-state index contributed by atoms with van der Waals surface area (Å²) in [4.78, 5) is 24.2. The van der Waals surface area contributed by atoms with Crippen LogP contribution in [0.25, 0.3) is 6.08 Å². The number of amides is 2. The number of ether oxygens (including phenoxy) is 1. The van der Waals surface area contributed by atoms with Crippen LogP contribution >= 0.6 is 0 Å². The average Bonchev–Trinajstić information content (AvgIpc) is 2.61. The van der Waals surface area contributed by atoms with E-state index in [0.717, 1.165) is 16.9 Å². The van der Waals surface area contributed by atoms with E-state index in [1.807, 2.05) is 45.0 Å². The molecular formula is C21H24N2O3. The quantitative estimate of drug-likeness (QED) is 0.777. The molecule has 0 spiro atoms. The maximum absolute atomic E-state index is 12.1. The molecule has 5 nitrogen and oxygen atoms in total. The predicted octanol–water partition coefficient (Wildman–Crippen LogP) is 3.79. The highest BCUT2D eigenvalue weighted by atomic mass is 16.5. The SMILES string of the molecule is COc1cccc(C=CC(=O)Nc2ccc(C(=O)NC(C)C)cc2C)c1. The molecule has 136 valence electrons. The third kappa shape index (κ3) is 5.48. The van der Waals surface area contributed by atoms with Crippen molar-refractivity contribution in [2.24, 2.45) is 0 Å². The highest BCUT2D eigenvalue weighted by Gasteiger charge is 2.09. The minimum atomic E-state index is -0.240. The van der Waals surface area contributed by atoms with Crippen molar-refractivity contribution in [1.82, 2.24) is 5.32 Å². The van der Waals surface area contributed by atoms with Gasteiger partial charge in [0.2, 0.25) is 5.91 Å². The second-order valence-electron chi connectivity index (χ2n) is 6.26. The molecule has 0 fully saturated rings. The molecule has 0 atom stereocenters. The summed E-state index contributed by atoms with van der Waals surface area (Å²) < 4.78 is 5.16. The molecule has 0 aliphatic carbocycles. The third-order valence-electron chi connectivity index (χ3n) is 3.69. The van der Waals surface area contributed by atoms with Crippen molar-refractivity contribution in [3.63, 3.8) is 0 Å². The summed E-state index contributed by atoms with van der Waals surface area (Å²) in [5.41, 5.74) is 2.94. The Bertz CT molecular complexity index is 826. The lowest BCUT2D eigenvalue weighted by molar-refractivity contribution is -0.111. The third-order valence-corrected chi connectivity index (χ3v) is 3.69. The smallest absolute Gasteiger partial charge is 0.251 e. The van der Waals surface area contributed by atoms with E-state index in [-0.39, 0.29) is 17.9 Å². The molecule has 0 saturated heterocycles. The first kappa shape index (κ1) is 19.2. The maximum atomic E-state index is 12.1. The molecule has 0 aliphatic rings. The van der Waals surface area contributed by atoms with E-state index in [9.17, 15) is 9.59 Å². The Morgan fingerprint density at radius 1 is 1.12 bits per heavy atom. The van der Waals surface area contributed by atoms with Gasteiger partial charge in [0.25, 0.3) is 5.91 Å². The molecule has 2 aromatic rings. The number of hydrogen-bond donors (Lipinski definition) is 2. The Labute approximate surface area is 154 Å². The van der Waals surface area contributed by atoms with Gasteiger partial charge in [-0.05, 0) is 68.3 Å². The van der Waals surface area contributed by atoms with Gasteiger partial charge in [-0.15, -0.1) is 0 Å². The van der Waals surface area contributed by atoms with Gasteiger partial charge in [-0.1, -0.05) is 12.1 Å². The Morgan fingerprint density at radius 2 is 1.88 bits per heavy atom. The van der Waals surface area contributed by atoms with Gasteiger partial charge in [0, 0.05) is 23.4 Å². The van der Waals surface area contributed by atoms with Gasteiger partial charge < -0.3 is 15.4 Å². The highest BCUT2D eigenvalue weighted by Crippen LogP contribution is 2.17. The molecule has 5 heteroatoms. The number of rotatable bonds is 6. The molecule has 0 heterocycles. The molecule has 0 bridgehead atoms. The van der Waals surface area contributed by atoms with Crippen LogP contribution < -0.4 is 15.4 Å². The Morgan fingerprint density at radius 3 is 2.54 bits per heavy atom. The molecule has 2 amide bonds. The summed E-state index contributed by atoms with van der Waals surface area (Å²) >= 11 is 0. The zero-order valence-corrected chi connectivity index (χ0v) is 15.5. The van der Waals surface area contributed by atoms with Crippen LogP contribution in [0.5, 0.6) is 5.75 Å². The highest BCUT2D eigenvalue weighted by molar-refractivity contribution is 6.03. The van der Waals surface area contributed by atoms with Gasteiger partial charge in [-0.3, -0.25) is 9.59 Å². The topological polar surface area (TPSA) is 67.4 Å². The van der Waals surface area contributed by atoms with Crippen LogP contribution in [0, 0.1) is 6.92 Å². The van der Waals surface area contributed by atoms with E-state index >= 15 is 0 Å². The van der Waals surface area contributed by atoms with E-state index in [2.05, 4.69) is 10.6 Å². The number of benzene rings is 2. The fraction of sp³-hybridized carbons (Fsp3) is 0.238. The average molecular weight is 352 g/mol. The van der Waals surface area contributed by atoms with Gasteiger partial charge in [-0.25, -0.2) is 0 Å². The number of carbonyl (C=O) groups is 2. The summed E-state index contributed by atoms with van der Waals surface area (Å²) in [5.74, 6) is 0.368. The van der Waals surface area contributed by atoms with Crippen LogP contribution in [0.2, 0.25) is 0 Å². The van der Waals surface area contributed by atoms with Gasteiger partial charge in [0.05, 0.1) is 7.11 Å². The fourth-order valence-electron chi connectivity index (χ4n) is 2.38. The van der Waals surface area contributed by atoms with Gasteiger partial charge in [0.1, 0.15) is 5.75 Å². The van der Waals surface area contributed by atoms with Crippen molar-refractivity contribution < 1.29 is 14.3 Å². The Balaban J connectivity index is 2.04. The van der Waals surface area contributed by atoms with Crippen molar-refractivity contribution in [3.8, 4) is 5.75 Å². The summed E-state index contributed by atoms with van der Waals surface area (Å²) in [6, 6.07) is 12.7. The summed E-state index contributed by atoms with van der Waals surface area (Å²) in [7, 11) is 1.60. The minimum Gasteiger partial charge on any atom is -0.497 e. The standard InChI is InChI=1S/C21H24N2O3/c1-14(2)22-21(25)17-9-10-19(15(3)12-17)23-20(24)11-8-16-6-5-7-18(13-16)26-4/h5-14H,1-4H3,(H,22,25)(H,23,24). The first-order chi connectivity index (χ1) is 12.4. The fourth-order valence-corrected chi connectivity index (χ4v) is 2.38. The number of aryl methyl sites for hydroxylation is 1. The van der Waals surface area contributed by atoms with Gasteiger partial charge in [-0.2, -0.15) is 0 Å². The van der Waals surface area contributed by atoms with Crippen molar-refractivity contribution in [2.45, 2.75) is 26.8 Å². The predicted molar refractivity (Wildman–Crippen MR) is 104 cm³/mol. The largest absolute Gasteiger partial charge is 0.497 e. The molecule has 2 N–H and O–H groups in total.